The van der Waals surface area contributed by atoms with E-state index in [4.69, 9.17) is 4.42 Å². The molecule has 1 aromatic heterocycles. The minimum Gasteiger partial charge on any atom is -0.419 e. The van der Waals surface area contributed by atoms with Crippen molar-refractivity contribution < 1.29 is 9.21 Å². The summed E-state index contributed by atoms with van der Waals surface area (Å²) in [6, 6.07) is 7.07. The highest BCUT2D eigenvalue weighted by molar-refractivity contribution is 5.96. The van der Waals surface area contributed by atoms with Gasteiger partial charge in [0.05, 0.1) is 5.39 Å². The molecule has 0 aliphatic carbocycles. The Hall–Kier alpha value is -1.90. The topological polar surface area (TPSA) is 47.3 Å². The van der Waals surface area contributed by atoms with Gasteiger partial charge in [0.2, 0.25) is 0 Å². The number of rotatable bonds is 2. The summed E-state index contributed by atoms with van der Waals surface area (Å²) in [4.78, 5) is 23.1. The first-order chi connectivity index (χ1) is 7.61. The van der Waals surface area contributed by atoms with Gasteiger partial charge in [0, 0.05) is 6.42 Å². The van der Waals surface area contributed by atoms with Crippen LogP contribution < -0.4 is 5.63 Å². The molecular formula is C13H12O3. The van der Waals surface area contributed by atoms with Gasteiger partial charge >= 0.3 is 5.63 Å². The Labute approximate surface area is 92.7 Å². The minimum atomic E-state index is -0.450. The number of benzene rings is 1. The lowest BCUT2D eigenvalue weighted by atomic mass is 10.1. The Kier molecular flexibility index (Phi) is 2.60. The molecule has 0 N–H and O–H groups in total. The van der Waals surface area contributed by atoms with Crippen LogP contribution in [0.25, 0.3) is 10.8 Å². The first-order valence-corrected chi connectivity index (χ1v) is 5.19. The van der Waals surface area contributed by atoms with Crippen molar-refractivity contribution >= 4 is 16.6 Å². The maximum atomic E-state index is 11.6. The van der Waals surface area contributed by atoms with Crippen molar-refractivity contribution in [2.24, 2.45) is 0 Å². The monoisotopic (exact) mass is 216 g/mol. The molecule has 0 atom stereocenters. The third kappa shape index (κ3) is 1.76. The van der Waals surface area contributed by atoms with Crippen LogP contribution in [-0.4, -0.2) is 5.78 Å². The summed E-state index contributed by atoms with van der Waals surface area (Å²) >= 11 is 0. The fourth-order valence-corrected chi connectivity index (χ4v) is 1.62. The van der Waals surface area contributed by atoms with Crippen molar-refractivity contribution in [3.63, 3.8) is 0 Å². The SMILES string of the molecule is CCC(=O)c1cc2cc(C)ccc2c(=O)o1. The predicted molar refractivity (Wildman–Crippen MR) is 61.8 cm³/mol. The van der Waals surface area contributed by atoms with Crippen LogP contribution in [0.4, 0.5) is 0 Å². The smallest absolute Gasteiger partial charge is 0.344 e. The van der Waals surface area contributed by atoms with E-state index in [-0.39, 0.29) is 11.5 Å². The van der Waals surface area contributed by atoms with Gasteiger partial charge in [-0.15, -0.1) is 0 Å². The lowest BCUT2D eigenvalue weighted by Crippen LogP contribution is -2.06. The standard InChI is InChI=1S/C13H12O3/c1-3-11(14)12-7-9-6-8(2)4-5-10(9)13(15)16-12/h4-7H,3H2,1-2H3. The third-order valence-electron chi connectivity index (χ3n) is 2.51. The van der Waals surface area contributed by atoms with E-state index in [0.717, 1.165) is 10.9 Å². The summed E-state index contributed by atoms with van der Waals surface area (Å²) in [5, 5.41) is 1.27. The summed E-state index contributed by atoms with van der Waals surface area (Å²) in [5.74, 6) is -0.00824. The van der Waals surface area contributed by atoms with E-state index < -0.39 is 5.63 Å². The zero-order valence-electron chi connectivity index (χ0n) is 9.24. The summed E-state index contributed by atoms with van der Waals surface area (Å²) in [5.41, 5.74) is 0.599. The molecule has 0 saturated heterocycles. The minimum absolute atomic E-state index is 0.144. The second-order valence-corrected chi connectivity index (χ2v) is 3.77. The number of ketones is 1. The Balaban J connectivity index is 2.75. The van der Waals surface area contributed by atoms with E-state index in [2.05, 4.69) is 0 Å². The van der Waals surface area contributed by atoms with Gasteiger partial charge in [0.1, 0.15) is 0 Å². The second kappa shape index (κ2) is 3.93. The van der Waals surface area contributed by atoms with Crippen molar-refractivity contribution in [1.29, 1.82) is 0 Å². The van der Waals surface area contributed by atoms with Crippen LogP contribution in [-0.2, 0) is 0 Å². The van der Waals surface area contributed by atoms with Crippen LogP contribution in [0.2, 0.25) is 0 Å². The van der Waals surface area contributed by atoms with Crippen LogP contribution in [0, 0.1) is 6.92 Å². The van der Waals surface area contributed by atoms with Gasteiger partial charge in [-0.05, 0) is 24.4 Å². The molecule has 2 rings (SSSR count). The first-order valence-electron chi connectivity index (χ1n) is 5.19. The van der Waals surface area contributed by atoms with Crippen molar-refractivity contribution in [2.75, 3.05) is 0 Å². The molecule has 0 aliphatic heterocycles. The molecule has 0 unspecified atom stereocenters. The van der Waals surface area contributed by atoms with Gasteiger partial charge in [-0.1, -0.05) is 24.6 Å². The highest BCUT2D eigenvalue weighted by Gasteiger charge is 2.09. The maximum absolute atomic E-state index is 11.6. The largest absolute Gasteiger partial charge is 0.419 e. The molecule has 0 aliphatic rings. The second-order valence-electron chi connectivity index (χ2n) is 3.77. The number of hydrogen-bond donors (Lipinski definition) is 0. The van der Waals surface area contributed by atoms with Crippen molar-refractivity contribution in [1.82, 2.24) is 0 Å². The first kappa shape index (κ1) is 10.6. The number of hydrogen-bond acceptors (Lipinski definition) is 3. The lowest BCUT2D eigenvalue weighted by molar-refractivity contribution is 0.0957. The van der Waals surface area contributed by atoms with Gasteiger partial charge in [0.15, 0.2) is 11.5 Å². The molecule has 0 fully saturated rings. The highest BCUT2D eigenvalue weighted by atomic mass is 16.4. The molecule has 0 saturated carbocycles. The lowest BCUT2D eigenvalue weighted by Gasteiger charge is -2.01. The summed E-state index contributed by atoms with van der Waals surface area (Å²) in [6.07, 6.45) is 0.334. The zero-order chi connectivity index (χ0) is 11.7. The molecule has 3 heteroatoms. The molecule has 0 bridgehead atoms. The van der Waals surface area contributed by atoms with Crippen LogP contribution >= 0.6 is 0 Å². The van der Waals surface area contributed by atoms with Gasteiger partial charge in [-0.2, -0.15) is 0 Å². The zero-order valence-corrected chi connectivity index (χ0v) is 9.24. The van der Waals surface area contributed by atoms with E-state index in [1.807, 2.05) is 19.1 Å². The third-order valence-corrected chi connectivity index (χ3v) is 2.51. The Bertz CT molecular complexity index is 608. The Morgan fingerprint density at radius 3 is 2.75 bits per heavy atom. The van der Waals surface area contributed by atoms with Crippen molar-refractivity contribution in [3.05, 3.63) is 46.0 Å². The number of Topliss-reactive ketones (excluding diaryl/α,β-unsaturated/α-hetero) is 1. The number of aryl methyl sites for hydroxylation is 1. The van der Waals surface area contributed by atoms with Crippen LogP contribution in [0.3, 0.4) is 0 Å². The predicted octanol–water partition coefficient (Wildman–Crippen LogP) is 2.69. The normalized spacial score (nSPS) is 10.6. The Morgan fingerprint density at radius 1 is 1.31 bits per heavy atom. The van der Waals surface area contributed by atoms with Gasteiger partial charge in [0.25, 0.3) is 0 Å². The molecule has 0 radical (unpaired) electrons. The van der Waals surface area contributed by atoms with Crippen LogP contribution in [0.1, 0.15) is 29.5 Å². The number of carbonyl (C=O) groups excluding carboxylic acids is 1. The molecule has 16 heavy (non-hydrogen) atoms. The molecule has 1 heterocycles. The maximum Gasteiger partial charge on any atom is 0.344 e. The average molecular weight is 216 g/mol. The highest BCUT2D eigenvalue weighted by Crippen LogP contribution is 2.15. The molecule has 3 nitrogen and oxygen atoms in total. The van der Waals surface area contributed by atoms with Crippen LogP contribution in [0.15, 0.2) is 33.5 Å². The molecule has 2 aromatic rings. The quantitative estimate of drug-likeness (QED) is 0.725. The van der Waals surface area contributed by atoms with Gasteiger partial charge in [-0.25, -0.2) is 4.79 Å². The molecule has 82 valence electrons. The molecule has 0 amide bonds. The molecule has 0 spiro atoms. The summed E-state index contributed by atoms with van der Waals surface area (Å²) in [6.45, 7) is 3.68. The fraction of sp³-hybridized carbons (Fsp3) is 0.231. The Morgan fingerprint density at radius 2 is 2.06 bits per heavy atom. The average Bonchev–Trinajstić information content (AvgIpc) is 2.27. The van der Waals surface area contributed by atoms with E-state index in [1.54, 1.807) is 19.1 Å². The number of fused-ring (bicyclic) bond motifs is 1. The van der Waals surface area contributed by atoms with Crippen LogP contribution in [0.5, 0.6) is 0 Å². The fourth-order valence-electron chi connectivity index (χ4n) is 1.62. The van der Waals surface area contributed by atoms with Gasteiger partial charge < -0.3 is 4.42 Å². The summed E-state index contributed by atoms with van der Waals surface area (Å²) < 4.78 is 4.98. The molecule has 1 aromatic carbocycles. The summed E-state index contributed by atoms with van der Waals surface area (Å²) in [7, 11) is 0. The van der Waals surface area contributed by atoms with E-state index >= 15 is 0 Å². The van der Waals surface area contributed by atoms with Crippen molar-refractivity contribution in [2.45, 2.75) is 20.3 Å². The van der Waals surface area contributed by atoms with Gasteiger partial charge in [-0.3, -0.25) is 4.79 Å². The van der Waals surface area contributed by atoms with E-state index in [9.17, 15) is 9.59 Å². The van der Waals surface area contributed by atoms with E-state index in [1.165, 1.54) is 0 Å². The molecular weight excluding hydrogens is 204 g/mol. The van der Waals surface area contributed by atoms with Crippen molar-refractivity contribution in [3.8, 4) is 0 Å². The number of carbonyl (C=O) groups is 1. The van der Waals surface area contributed by atoms with E-state index in [0.29, 0.717) is 11.8 Å².